The number of alkyl halides is 1. The fourth-order valence-corrected chi connectivity index (χ4v) is 2.10. The van der Waals surface area contributed by atoms with Gasteiger partial charge in [-0.05, 0) is 6.07 Å². The number of nitrogen functional groups attached to an aromatic ring is 1. The number of para-hydroxylation sites is 1. The Morgan fingerprint density at radius 1 is 1.53 bits per heavy atom. The Labute approximate surface area is 102 Å². The largest absolute Gasteiger partial charge is 0.391 e. The Morgan fingerprint density at radius 2 is 2.24 bits per heavy atom. The second-order valence-corrected chi connectivity index (χ2v) is 4.39. The van der Waals surface area contributed by atoms with Crippen LogP contribution in [-0.2, 0) is 4.79 Å². The lowest BCUT2D eigenvalue weighted by molar-refractivity contribution is -0.383. The van der Waals surface area contributed by atoms with Crippen molar-refractivity contribution in [2.45, 2.75) is 11.8 Å². The minimum absolute atomic E-state index is 0.00313. The van der Waals surface area contributed by atoms with E-state index < -0.39 is 4.92 Å². The Balaban J connectivity index is 2.43. The summed E-state index contributed by atoms with van der Waals surface area (Å²) in [5.74, 6) is -0.169. The van der Waals surface area contributed by atoms with Crippen molar-refractivity contribution in [2.75, 3.05) is 17.2 Å². The molecular weight excluding hydrogens is 246 g/mol. The highest BCUT2D eigenvalue weighted by molar-refractivity contribution is 6.24. The number of nitro groups is 1. The molecule has 2 rings (SSSR count). The van der Waals surface area contributed by atoms with E-state index in [-0.39, 0.29) is 29.1 Å². The van der Waals surface area contributed by atoms with E-state index in [0.29, 0.717) is 12.2 Å². The van der Waals surface area contributed by atoms with Crippen LogP contribution in [0.5, 0.6) is 0 Å². The minimum Gasteiger partial charge on any atom is -0.391 e. The number of hydrogen-bond acceptors (Lipinski definition) is 4. The molecule has 1 saturated heterocycles. The van der Waals surface area contributed by atoms with Crippen LogP contribution >= 0.6 is 11.6 Å². The van der Waals surface area contributed by atoms with Gasteiger partial charge in [0.05, 0.1) is 16.0 Å². The minimum atomic E-state index is -0.572. The molecule has 0 aliphatic carbocycles. The van der Waals surface area contributed by atoms with Gasteiger partial charge in [-0.2, -0.15) is 0 Å². The zero-order chi connectivity index (χ0) is 12.6. The molecule has 1 aliphatic heterocycles. The first kappa shape index (κ1) is 11.7. The van der Waals surface area contributed by atoms with Gasteiger partial charge in [0.1, 0.15) is 5.69 Å². The molecule has 0 saturated carbocycles. The monoisotopic (exact) mass is 255 g/mol. The van der Waals surface area contributed by atoms with Crippen LogP contribution in [0.4, 0.5) is 17.1 Å². The van der Waals surface area contributed by atoms with E-state index in [2.05, 4.69) is 0 Å². The highest BCUT2D eigenvalue weighted by atomic mass is 35.5. The quantitative estimate of drug-likeness (QED) is 0.375. The van der Waals surface area contributed by atoms with Gasteiger partial charge in [-0.25, -0.2) is 0 Å². The average Bonchev–Trinajstić information content (AvgIpc) is 2.57. The molecule has 1 heterocycles. The first-order valence-electron chi connectivity index (χ1n) is 4.98. The van der Waals surface area contributed by atoms with Gasteiger partial charge in [-0.1, -0.05) is 6.07 Å². The van der Waals surface area contributed by atoms with Gasteiger partial charge in [0.25, 0.3) is 5.69 Å². The van der Waals surface area contributed by atoms with Crippen LogP contribution < -0.4 is 10.6 Å². The number of halogens is 1. The van der Waals surface area contributed by atoms with Crippen LogP contribution in [0.3, 0.4) is 0 Å². The molecule has 0 radical (unpaired) electrons. The third kappa shape index (κ3) is 2.03. The smallest absolute Gasteiger partial charge is 0.294 e. The maximum absolute atomic E-state index is 11.6. The Hall–Kier alpha value is -1.82. The van der Waals surface area contributed by atoms with Crippen LogP contribution in [0, 0.1) is 10.1 Å². The van der Waals surface area contributed by atoms with E-state index >= 15 is 0 Å². The van der Waals surface area contributed by atoms with Crippen LogP contribution in [0.1, 0.15) is 6.42 Å². The van der Waals surface area contributed by atoms with Gasteiger partial charge in [0, 0.05) is 19.0 Å². The number of nitrogens with zero attached hydrogens (tertiary/aromatic N) is 2. The third-order valence-corrected chi connectivity index (χ3v) is 2.92. The summed E-state index contributed by atoms with van der Waals surface area (Å²) in [5.41, 5.74) is 5.84. The SMILES string of the molecule is Nc1c(N2CC(Cl)CC2=O)cccc1[N+](=O)[O-]. The summed E-state index contributed by atoms with van der Waals surface area (Å²) in [6, 6.07) is 4.38. The van der Waals surface area contributed by atoms with E-state index in [4.69, 9.17) is 17.3 Å². The highest BCUT2D eigenvalue weighted by Crippen LogP contribution is 2.34. The van der Waals surface area contributed by atoms with Gasteiger partial charge in [-0.3, -0.25) is 14.9 Å². The first-order chi connectivity index (χ1) is 8.00. The van der Waals surface area contributed by atoms with Crippen molar-refractivity contribution in [3.63, 3.8) is 0 Å². The van der Waals surface area contributed by atoms with Gasteiger partial charge >= 0.3 is 0 Å². The van der Waals surface area contributed by atoms with Crippen molar-refractivity contribution in [3.8, 4) is 0 Å². The standard InChI is InChI=1S/C10H10ClN3O3/c11-6-4-9(15)13(5-6)7-2-1-3-8(10(7)12)14(16)17/h1-3,6H,4-5,12H2. The van der Waals surface area contributed by atoms with Crippen molar-refractivity contribution >= 4 is 34.6 Å². The number of nitrogens with two attached hydrogens (primary N) is 1. The maximum Gasteiger partial charge on any atom is 0.294 e. The number of carbonyl (C=O) groups excluding carboxylic acids is 1. The van der Waals surface area contributed by atoms with Gasteiger partial charge in [0.2, 0.25) is 5.91 Å². The van der Waals surface area contributed by atoms with Crippen LogP contribution in [-0.4, -0.2) is 22.8 Å². The molecule has 0 aromatic heterocycles. The summed E-state index contributed by atoms with van der Waals surface area (Å²) in [6.07, 6.45) is 0.226. The molecule has 1 aliphatic rings. The number of amides is 1. The fraction of sp³-hybridized carbons (Fsp3) is 0.300. The number of benzene rings is 1. The molecule has 1 aromatic carbocycles. The van der Waals surface area contributed by atoms with Crippen molar-refractivity contribution in [1.82, 2.24) is 0 Å². The number of carbonyl (C=O) groups is 1. The number of hydrogen-bond donors (Lipinski definition) is 1. The predicted molar refractivity (Wildman–Crippen MR) is 64.1 cm³/mol. The molecule has 1 fully saturated rings. The lowest BCUT2D eigenvalue weighted by atomic mass is 10.2. The fourth-order valence-electron chi connectivity index (χ4n) is 1.83. The van der Waals surface area contributed by atoms with E-state index in [0.717, 1.165) is 0 Å². The molecule has 1 aromatic rings. The second-order valence-electron chi connectivity index (χ2n) is 3.77. The van der Waals surface area contributed by atoms with Crippen molar-refractivity contribution in [1.29, 1.82) is 0 Å². The van der Waals surface area contributed by atoms with Crippen molar-refractivity contribution in [3.05, 3.63) is 28.3 Å². The summed E-state index contributed by atoms with van der Waals surface area (Å²) < 4.78 is 0. The molecule has 6 nitrogen and oxygen atoms in total. The van der Waals surface area contributed by atoms with Gasteiger partial charge in [-0.15, -0.1) is 11.6 Å². The Morgan fingerprint density at radius 3 is 2.76 bits per heavy atom. The summed E-state index contributed by atoms with van der Waals surface area (Å²) in [4.78, 5) is 23.2. The molecule has 0 spiro atoms. The molecule has 90 valence electrons. The average molecular weight is 256 g/mol. The van der Waals surface area contributed by atoms with Crippen LogP contribution in [0.15, 0.2) is 18.2 Å². The lowest BCUT2D eigenvalue weighted by Crippen LogP contribution is -2.25. The summed E-state index contributed by atoms with van der Waals surface area (Å²) in [6.45, 7) is 0.325. The van der Waals surface area contributed by atoms with Crippen LogP contribution in [0.25, 0.3) is 0 Å². The lowest BCUT2D eigenvalue weighted by Gasteiger charge is -2.17. The van der Waals surface area contributed by atoms with Gasteiger partial charge in [0.15, 0.2) is 0 Å². The highest BCUT2D eigenvalue weighted by Gasteiger charge is 2.31. The number of anilines is 2. The molecule has 17 heavy (non-hydrogen) atoms. The van der Waals surface area contributed by atoms with Crippen molar-refractivity contribution < 1.29 is 9.72 Å². The van der Waals surface area contributed by atoms with Crippen LogP contribution in [0.2, 0.25) is 0 Å². The number of rotatable bonds is 2. The normalized spacial score (nSPS) is 19.7. The zero-order valence-corrected chi connectivity index (χ0v) is 9.55. The molecule has 1 unspecified atom stereocenters. The van der Waals surface area contributed by atoms with Crippen molar-refractivity contribution in [2.24, 2.45) is 0 Å². The molecule has 2 N–H and O–H groups in total. The molecule has 7 heteroatoms. The summed E-state index contributed by atoms with van der Waals surface area (Å²) in [5, 5.41) is 10.5. The Bertz CT molecular complexity index is 492. The molecule has 0 bridgehead atoms. The second kappa shape index (κ2) is 4.21. The van der Waals surface area contributed by atoms with E-state index in [1.54, 1.807) is 6.07 Å². The first-order valence-corrected chi connectivity index (χ1v) is 5.41. The Kier molecular flexibility index (Phi) is 2.89. The topological polar surface area (TPSA) is 89.5 Å². The maximum atomic E-state index is 11.6. The van der Waals surface area contributed by atoms with Gasteiger partial charge < -0.3 is 10.6 Å². The summed E-state index contributed by atoms with van der Waals surface area (Å²) >= 11 is 5.87. The molecule has 1 atom stereocenters. The zero-order valence-electron chi connectivity index (χ0n) is 8.80. The van der Waals surface area contributed by atoms with E-state index in [1.807, 2.05) is 0 Å². The number of nitro benzene ring substituents is 1. The molecular formula is C10H10ClN3O3. The summed E-state index contributed by atoms with van der Waals surface area (Å²) in [7, 11) is 0. The molecule has 1 amide bonds. The van der Waals surface area contributed by atoms with E-state index in [9.17, 15) is 14.9 Å². The van der Waals surface area contributed by atoms with E-state index in [1.165, 1.54) is 17.0 Å². The predicted octanol–water partition coefficient (Wildman–Crippen LogP) is 1.52. The third-order valence-electron chi connectivity index (χ3n) is 2.63.